The van der Waals surface area contributed by atoms with Crippen molar-refractivity contribution in [1.82, 2.24) is 4.98 Å². The maximum absolute atomic E-state index is 11.3. The molecule has 0 bridgehead atoms. The van der Waals surface area contributed by atoms with Crippen molar-refractivity contribution in [3.05, 3.63) is 12.3 Å². The molecule has 0 atom stereocenters. The van der Waals surface area contributed by atoms with Crippen molar-refractivity contribution in [3.63, 3.8) is 0 Å². The molecule has 1 heterocycles. The zero-order valence-electron chi connectivity index (χ0n) is 11.2. The zero-order valence-corrected chi connectivity index (χ0v) is 12.0. The van der Waals surface area contributed by atoms with E-state index in [1.54, 1.807) is 0 Å². The molecule has 2 rings (SSSR count). The molecular formula is C12H18N2O4S. The molecule has 0 aromatic carbocycles. The summed E-state index contributed by atoms with van der Waals surface area (Å²) in [6, 6.07) is 1.36. The van der Waals surface area contributed by atoms with Gasteiger partial charge in [0.2, 0.25) is 10.0 Å². The quantitative estimate of drug-likeness (QED) is 0.904. The number of rotatable bonds is 4. The topological polar surface area (TPSA) is 91.5 Å². The van der Waals surface area contributed by atoms with E-state index in [2.05, 4.69) is 4.98 Å². The Bertz CT molecular complexity index is 574. The molecule has 1 aromatic rings. The van der Waals surface area contributed by atoms with Gasteiger partial charge in [-0.3, -0.25) is 0 Å². The molecule has 0 spiro atoms. The Kier molecular flexibility index (Phi) is 3.44. The van der Waals surface area contributed by atoms with Crippen molar-refractivity contribution in [3.8, 4) is 11.6 Å². The second-order valence-electron chi connectivity index (χ2n) is 5.55. The summed E-state index contributed by atoms with van der Waals surface area (Å²) in [4.78, 5) is 3.93. The third-order valence-electron chi connectivity index (χ3n) is 2.34. The summed E-state index contributed by atoms with van der Waals surface area (Å²) >= 11 is 0. The van der Waals surface area contributed by atoms with Crippen molar-refractivity contribution in [2.75, 3.05) is 0 Å². The Morgan fingerprint density at radius 3 is 2.47 bits per heavy atom. The minimum absolute atomic E-state index is 0.0793. The van der Waals surface area contributed by atoms with E-state index in [1.165, 1.54) is 12.3 Å². The number of primary sulfonamides is 1. The first-order valence-corrected chi connectivity index (χ1v) is 7.58. The maximum Gasteiger partial charge on any atom is 0.257 e. The number of sulfonamides is 1. The van der Waals surface area contributed by atoms with Gasteiger partial charge in [0.05, 0.1) is 12.3 Å². The van der Waals surface area contributed by atoms with Crippen LogP contribution in [0.4, 0.5) is 0 Å². The molecule has 1 aliphatic rings. The minimum atomic E-state index is -3.80. The van der Waals surface area contributed by atoms with Gasteiger partial charge in [-0.2, -0.15) is 0 Å². The molecule has 106 valence electrons. The van der Waals surface area contributed by atoms with E-state index in [9.17, 15) is 8.42 Å². The monoisotopic (exact) mass is 286 g/mol. The zero-order chi connectivity index (χ0) is 14.3. The SMILES string of the molecule is CC(C)(C)Oc1ncc(S(N)(=O)=O)cc1OC1CC1. The summed E-state index contributed by atoms with van der Waals surface area (Å²) in [5, 5.41) is 5.09. The number of nitrogens with zero attached hydrogens (tertiary/aromatic N) is 1. The Morgan fingerprint density at radius 1 is 1.37 bits per heavy atom. The predicted molar refractivity (Wildman–Crippen MR) is 69.6 cm³/mol. The fraction of sp³-hybridized carbons (Fsp3) is 0.583. The standard InChI is InChI=1S/C12H18N2O4S/c1-12(2,3)18-11-10(17-8-4-5-8)6-9(7-14-11)19(13,15)16/h6-8H,4-5H2,1-3H3,(H2,13,15,16). The number of ether oxygens (including phenoxy) is 2. The van der Waals surface area contributed by atoms with Gasteiger partial charge in [-0.1, -0.05) is 0 Å². The van der Waals surface area contributed by atoms with E-state index in [4.69, 9.17) is 14.6 Å². The van der Waals surface area contributed by atoms with Crippen LogP contribution in [0.2, 0.25) is 0 Å². The van der Waals surface area contributed by atoms with Crippen LogP contribution in [0.1, 0.15) is 33.6 Å². The molecule has 1 aliphatic carbocycles. The van der Waals surface area contributed by atoms with Crippen molar-refractivity contribution in [2.45, 2.75) is 50.2 Å². The van der Waals surface area contributed by atoms with E-state index in [1.807, 2.05) is 20.8 Å². The smallest absolute Gasteiger partial charge is 0.257 e. The highest BCUT2D eigenvalue weighted by Crippen LogP contribution is 2.35. The lowest BCUT2D eigenvalue weighted by molar-refractivity contribution is 0.115. The van der Waals surface area contributed by atoms with E-state index >= 15 is 0 Å². The van der Waals surface area contributed by atoms with E-state index in [0.29, 0.717) is 5.75 Å². The molecule has 1 saturated carbocycles. The van der Waals surface area contributed by atoms with Crippen molar-refractivity contribution >= 4 is 10.0 Å². The maximum atomic E-state index is 11.3. The van der Waals surface area contributed by atoms with Gasteiger partial charge in [-0.15, -0.1) is 0 Å². The highest BCUT2D eigenvalue weighted by Gasteiger charge is 2.27. The number of pyridine rings is 1. The summed E-state index contributed by atoms with van der Waals surface area (Å²) in [6.07, 6.45) is 3.19. The first kappa shape index (κ1) is 14.1. The van der Waals surface area contributed by atoms with Gasteiger partial charge >= 0.3 is 0 Å². The van der Waals surface area contributed by atoms with Crippen LogP contribution in [0.25, 0.3) is 0 Å². The number of hydrogen-bond acceptors (Lipinski definition) is 5. The van der Waals surface area contributed by atoms with Gasteiger partial charge in [0.1, 0.15) is 10.5 Å². The Hall–Kier alpha value is -1.34. The van der Waals surface area contributed by atoms with Crippen molar-refractivity contribution in [1.29, 1.82) is 0 Å². The van der Waals surface area contributed by atoms with Crippen LogP contribution >= 0.6 is 0 Å². The third-order valence-corrected chi connectivity index (χ3v) is 3.22. The summed E-state index contributed by atoms with van der Waals surface area (Å²) in [7, 11) is -3.80. The average Bonchev–Trinajstić information content (AvgIpc) is 3.00. The molecule has 6 nitrogen and oxygen atoms in total. The van der Waals surface area contributed by atoms with Crippen LogP contribution in [-0.4, -0.2) is 25.1 Å². The van der Waals surface area contributed by atoms with Crippen LogP contribution < -0.4 is 14.6 Å². The fourth-order valence-electron chi connectivity index (χ4n) is 1.39. The number of hydrogen-bond donors (Lipinski definition) is 1. The summed E-state index contributed by atoms with van der Waals surface area (Å²) < 4.78 is 33.9. The van der Waals surface area contributed by atoms with Crippen LogP contribution in [0.5, 0.6) is 11.6 Å². The summed E-state index contributed by atoms with van der Waals surface area (Å²) in [5.41, 5.74) is -0.447. The van der Waals surface area contributed by atoms with E-state index < -0.39 is 15.6 Å². The van der Waals surface area contributed by atoms with Crippen LogP contribution in [0, 0.1) is 0 Å². The molecule has 0 radical (unpaired) electrons. The molecule has 19 heavy (non-hydrogen) atoms. The molecule has 0 amide bonds. The fourth-order valence-corrected chi connectivity index (χ4v) is 1.86. The van der Waals surface area contributed by atoms with E-state index in [-0.39, 0.29) is 16.9 Å². The first-order chi connectivity index (χ1) is 8.65. The molecule has 0 aliphatic heterocycles. The van der Waals surface area contributed by atoms with Gasteiger partial charge in [0.25, 0.3) is 5.88 Å². The van der Waals surface area contributed by atoms with Gasteiger partial charge in [-0.25, -0.2) is 18.5 Å². The largest absolute Gasteiger partial charge is 0.485 e. The summed E-state index contributed by atoms with van der Waals surface area (Å²) in [5.74, 6) is 0.607. The van der Waals surface area contributed by atoms with Crippen molar-refractivity contribution < 1.29 is 17.9 Å². The molecule has 2 N–H and O–H groups in total. The second-order valence-corrected chi connectivity index (χ2v) is 7.11. The summed E-state index contributed by atoms with van der Waals surface area (Å²) in [6.45, 7) is 5.63. The Labute approximate surface area is 113 Å². The number of aromatic nitrogens is 1. The lowest BCUT2D eigenvalue weighted by Crippen LogP contribution is -2.24. The van der Waals surface area contributed by atoms with Gasteiger partial charge in [0, 0.05) is 6.07 Å². The van der Waals surface area contributed by atoms with Gasteiger partial charge in [0.15, 0.2) is 5.75 Å². The minimum Gasteiger partial charge on any atom is -0.485 e. The molecule has 1 aromatic heterocycles. The van der Waals surface area contributed by atoms with Gasteiger partial charge < -0.3 is 9.47 Å². The lowest BCUT2D eigenvalue weighted by Gasteiger charge is -2.22. The molecule has 1 fully saturated rings. The Morgan fingerprint density at radius 2 is 2.00 bits per heavy atom. The molecule has 0 saturated heterocycles. The molecule has 7 heteroatoms. The average molecular weight is 286 g/mol. The van der Waals surface area contributed by atoms with Crippen LogP contribution in [-0.2, 0) is 10.0 Å². The predicted octanol–water partition coefficient (Wildman–Crippen LogP) is 1.45. The van der Waals surface area contributed by atoms with Crippen molar-refractivity contribution in [2.24, 2.45) is 5.14 Å². The highest BCUT2D eigenvalue weighted by atomic mass is 32.2. The van der Waals surface area contributed by atoms with Crippen LogP contribution in [0.15, 0.2) is 17.2 Å². The lowest BCUT2D eigenvalue weighted by atomic mass is 10.2. The van der Waals surface area contributed by atoms with Gasteiger partial charge in [-0.05, 0) is 33.6 Å². The highest BCUT2D eigenvalue weighted by molar-refractivity contribution is 7.89. The second kappa shape index (κ2) is 4.64. The molecular weight excluding hydrogens is 268 g/mol. The van der Waals surface area contributed by atoms with Crippen LogP contribution in [0.3, 0.4) is 0 Å². The normalized spacial score (nSPS) is 16.2. The molecule has 0 unspecified atom stereocenters. The Balaban J connectivity index is 2.36. The van der Waals surface area contributed by atoms with E-state index in [0.717, 1.165) is 12.8 Å². The number of nitrogens with two attached hydrogens (primary N) is 1. The first-order valence-electron chi connectivity index (χ1n) is 6.04. The third kappa shape index (κ3) is 4.07.